The van der Waals surface area contributed by atoms with Crippen molar-refractivity contribution in [3.63, 3.8) is 0 Å². The molecule has 0 saturated carbocycles. The third kappa shape index (κ3) is 4.51. The average molecular weight is 350 g/mol. The molecule has 1 aliphatic carbocycles. The maximum absolute atomic E-state index is 12.2. The number of carbonyl (C=O) groups excluding carboxylic acids is 2. The maximum atomic E-state index is 12.2. The van der Waals surface area contributed by atoms with Crippen molar-refractivity contribution >= 4 is 11.9 Å². The third-order valence-electron chi connectivity index (χ3n) is 5.57. The van der Waals surface area contributed by atoms with Gasteiger partial charge in [0, 0.05) is 12.3 Å². The van der Waals surface area contributed by atoms with Crippen LogP contribution in [0.15, 0.2) is 23.3 Å². The fourth-order valence-corrected chi connectivity index (χ4v) is 3.27. The minimum Gasteiger partial charge on any atom is -0.458 e. The van der Waals surface area contributed by atoms with Crippen molar-refractivity contribution in [1.82, 2.24) is 0 Å². The Labute approximate surface area is 150 Å². The Morgan fingerprint density at radius 3 is 2.72 bits per heavy atom. The number of carbonyl (C=O) groups is 2. The van der Waals surface area contributed by atoms with Gasteiger partial charge in [-0.1, -0.05) is 26.8 Å². The highest BCUT2D eigenvalue weighted by Gasteiger charge is 2.42. The molecule has 0 aromatic carbocycles. The molecule has 0 radical (unpaired) electrons. The smallest absolute Gasteiger partial charge is 0.309 e. The first-order chi connectivity index (χ1) is 11.7. The first kappa shape index (κ1) is 19.7. The molecular formula is C20H30O5. The summed E-state index contributed by atoms with van der Waals surface area (Å²) in [5, 5.41) is 10.4. The zero-order valence-corrected chi connectivity index (χ0v) is 15.8. The molecule has 0 aromatic rings. The van der Waals surface area contributed by atoms with Gasteiger partial charge in [0.15, 0.2) is 0 Å². The molecule has 0 unspecified atom stereocenters. The molecule has 5 heteroatoms. The quantitative estimate of drug-likeness (QED) is 0.625. The molecule has 0 aromatic heterocycles. The van der Waals surface area contributed by atoms with Gasteiger partial charge in [-0.2, -0.15) is 0 Å². The molecule has 1 N–H and O–H groups in total. The summed E-state index contributed by atoms with van der Waals surface area (Å²) in [4.78, 5) is 24.2. The molecule has 2 rings (SSSR count). The first-order valence-electron chi connectivity index (χ1n) is 9.18. The Balaban J connectivity index is 2.30. The van der Waals surface area contributed by atoms with E-state index >= 15 is 0 Å². The van der Waals surface area contributed by atoms with Crippen LogP contribution in [0.4, 0.5) is 0 Å². The van der Waals surface area contributed by atoms with Crippen molar-refractivity contribution in [2.24, 2.45) is 17.8 Å². The standard InChI is InChI=1S/C20H30O5/c1-6-11(2)19(22)24-17-8-7-12(3)16(21)10-15-14(5)20(23)25-18(15)9-13(17)4/h7,9,11,14-18,21H,6,8,10H2,1-5H3/b12-7+,13-9?/t11-,14-,15+,16+,17+,18-/m1/s1. The highest BCUT2D eigenvalue weighted by molar-refractivity contribution is 5.75. The largest absolute Gasteiger partial charge is 0.458 e. The summed E-state index contributed by atoms with van der Waals surface area (Å²) in [5.74, 6) is -0.949. The fourth-order valence-electron chi connectivity index (χ4n) is 3.27. The van der Waals surface area contributed by atoms with Crippen LogP contribution in [-0.4, -0.2) is 35.4 Å². The van der Waals surface area contributed by atoms with Gasteiger partial charge in [0.25, 0.3) is 0 Å². The lowest BCUT2D eigenvalue weighted by atomic mass is 9.83. The van der Waals surface area contributed by atoms with Crippen LogP contribution in [0.1, 0.15) is 53.9 Å². The molecule has 5 nitrogen and oxygen atoms in total. The Bertz CT molecular complexity index is 577. The zero-order chi connectivity index (χ0) is 18.7. The fraction of sp³-hybridized carbons (Fsp3) is 0.700. The maximum Gasteiger partial charge on any atom is 0.309 e. The van der Waals surface area contributed by atoms with Crippen LogP contribution in [0, 0.1) is 17.8 Å². The van der Waals surface area contributed by atoms with Gasteiger partial charge in [0.05, 0.1) is 17.9 Å². The van der Waals surface area contributed by atoms with E-state index in [1.165, 1.54) is 0 Å². The Hall–Kier alpha value is -1.62. The number of rotatable bonds is 3. The topological polar surface area (TPSA) is 72.8 Å². The van der Waals surface area contributed by atoms with Crippen LogP contribution in [0.25, 0.3) is 0 Å². The van der Waals surface area contributed by atoms with Crippen LogP contribution < -0.4 is 0 Å². The van der Waals surface area contributed by atoms with E-state index in [-0.39, 0.29) is 35.8 Å². The van der Waals surface area contributed by atoms with Crippen molar-refractivity contribution < 1.29 is 24.2 Å². The lowest BCUT2D eigenvalue weighted by Gasteiger charge is -2.26. The third-order valence-corrected chi connectivity index (χ3v) is 5.57. The summed E-state index contributed by atoms with van der Waals surface area (Å²) < 4.78 is 11.2. The number of ether oxygens (including phenoxy) is 2. The predicted octanol–water partition coefficient (Wildman–Crippen LogP) is 3.17. The highest BCUT2D eigenvalue weighted by Crippen LogP contribution is 2.35. The molecule has 0 amide bonds. The van der Waals surface area contributed by atoms with Crippen LogP contribution >= 0.6 is 0 Å². The van der Waals surface area contributed by atoms with Gasteiger partial charge >= 0.3 is 11.9 Å². The van der Waals surface area contributed by atoms with E-state index in [0.29, 0.717) is 12.8 Å². The predicted molar refractivity (Wildman–Crippen MR) is 94.6 cm³/mol. The monoisotopic (exact) mass is 350 g/mol. The van der Waals surface area contributed by atoms with E-state index in [4.69, 9.17) is 9.47 Å². The van der Waals surface area contributed by atoms with Gasteiger partial charge in [0.2, 0.25) is 0 Å². The van der Waals surface area contributed by atoms with Crippen molar-refractivity contribution in [3.05, 3.63) is 23.3 Å². The van der Waals surface area contributed by atoms with E-state index in [2.05, 4.69) is 0 Å². The number of hydrogen-bond donors (Lipinski definition) is 1. The van der Waals surface area contributed by atoms with Gasteiger partial charge in [0.1, 0.15) is 12.2 Å². The van der Waals surface area contributed by atoms with Crippen molar-refractivity contribution in [2.45, 2.75) is 72.2 Å². The average Bonchev–Trinajstić information content (AvgIpc) is 2.83. The van der Waals surface area contributed by atoms with Gasteiger partial charge < -0.3 is 14.6 Å². The SMILES string of the molecule is CC[C@@H](C)C(=O)O[C@H]1C/C=C(\C)[C@@H](O)C[C@@H]2[C@@H](C=C1C)OC(=O)[C@@H]2C. The highest BCUT2D eigenvalue weighted by atomic mass is 16.6. The molecule has 1 heterocycles. The number of aliphatic hydroxyl groups is 1. The molecule has 2 aliphatic rings. The summed E-state index contributed by atoms with van der Waals surface area (Å²) in [6.07, 6.45) is 4.13. The van der Waals surface area contributed by atoms with E-state index in [9.17, 15) is 14.7 Å². The van der Waals surface area contributed by atoms with Crippen molar-refractivity contribution in [1.29, 1.82) is 0 Å². The normalized spacial score (nSPS) is 36.4. The molecule has 0 spiro atoms. The summed E-state index contributed by atoms with van der Waals surface area (Å²) in [6.45, 7) is 9.42. The molecule has 25 heavy (non-hydrogen) atoms. The number of esters is 2. The molecule has 140 valence electrons. The summed E-state index contributed by atoms with van der Waals surface area (Å²) >= 11 is 0. The van der Waals surface area contributed by atoms with E-state index < -0.39 is 12.2 Å². The lowest BCUT2D eigenvalue weighted by molar-refractivity contribution is -0.152. The van der Waals surface area contributed by atoms with E-state index in [1.807, 2.05) is 46.8 Å². The second-order valence-electron chi connectivity index (χ2n) is 7.43. The zero-order valence-electron chi connectivity index (χ0n) is 15.8. The Morgan fingerprint density at radius 1 is 1.40 bits per heavy atom. The molecule has 1 aliphatic heterocycles. The second kappa shape index (κ2) is 8.17. The minimum absolute atomic E-state index is 0.0789. The van der Waals surface area contributed by atoms with Crippen LogP contribution in [0.2, 0.25) is 0 Å². The van der Waals surface area contributed by atoms with Crippen LogP contribution in [-0.2, 0) is 19.1 Å². The first-order valence-corrected chi connectivity index (χ1v) is 9.18. The summed E-state index contributed by atoms with van der Waals surface area (Å²) in [7, 11) is 0. The number of aliphatic hydroxyl groups excluding tert-OH is 1. The summed E-state index contributed by atoms with van der Waals surface area (Å²) in [5.41, 5.74) is 1.72. The van der Waals surface area contributed by atoms with E-state index in [0.717, 1.165) is 17.6 Å². The molecule has 0 bridgehead atoms. The van der Waals surface area contributed by atoms with E-state index in [1.54, 1.807) is 0 Å². The van der Waals surface area contributed by atoms with Crippen molar-refractivity contribution in [3.8, 4) is 0 Å². The van der Waals surface area contributed by atoms with Gasteiger partial charge in [-0.25, -0.2) is 0 Å². The van der Waals surface area contributed by atoms with Crippen molar-refractivity contribution in [2.75, 3.05) is 0 Å². The van der Waals surface area contributed by atoms with Crippen LogP contribution in [0.3, 0.4) is 0 Å². The lowest BCUT2D eigenvalue weighted by Crippen LogP contribution is -2.28. The molecular weight excluding hydrogens is 320 g/mol. The molecule has 1 saturated heterocycles. The van der Waals surface area contributed by atoms with Gasteiger partial charge in [-0.3, -0.25) is 9.59 Å². The molecule has 1 fully saturated rings. The second-order valence-corrected chi connectivity index (χ2v) is 7.43. The van der Waals surface area contributed by atoms with Crippen LogP contribution in [0.5, 0.6) is 0 Å². The number of hydrogen-bond acceptors (Lipinski definition) is 5. The Morgan fingerprint density at radius 2 is 2.08 bits per heavy atom. The minimum atomic E-state index is -0.623. The molecule has 6 atom stereocenters. The Kier molecular flexibility index (Phi) is 6.44. The van der Waals surface area contributed by atoms with Gasteiger partial charge in [-0.05, 0) is 43.9 Å². The summed E-state index contributed by atoms with van der Waals surface area (Å²) in [6, 6.07) is 0. The number of fused-ring (bicyclic) bond motifs is 1. The van der Waals surface area contributed by atoms with Gasteiger partial charge in [-0.15, -0.1) is 0 Å².